The third-order valence-corrected chi connectivity index (χ3v) is 6.11. The molecule has 3 N–H and O–H groups in total. The number of carbonyl (C=O) groups is 1. The molecule has 0 spiro atoms. The Kier molecular flexibility index (Phi) is 8.33. The van der Waals surface area contributed by atoms with Crippen LogP contribution in [0.15, 0.2) is 77.7 Å². The van der Waals surface area contributed by atoms with Crippen molar-refractivity contribution in [3.63, 3.8) is 0 Å². The number of allylic oxidation sites excluding steroid dienone is 3. The van der Waals surface area contributed by atoms with Gasteiger partial charge in [-0.3, -0.25) is 4.79 Å². The monoisotopic (exact) mass is 492 g/mol. The summed E-state index contributed by atoms with van der Waals surface area (Å²) in [6.45, 7) is 2.24. The third-order valence-electron chi connectivity index (χ3n) is 6.11. The third kappa shape index (κ3) is 6.29. The first-order valence-corrected chi connectivity index (χ1v) is 12.1. The summed E-state index contributed by atoms with van der Waals surface area (Å²) >= 11 is 0. The summed E-state index contributed by atoms with van der Waals surface area (Å²) in [5, 5.41) is 13.6. The van der Waals surface area contributed by atoms with E-state index in [1.807, 2.05) is 19.1 Å². The minimum Gasteiger partial charge on any atom is -0.497 e. The predicted molar refractivity (Wildman–Crippen MR) is 137 cm³/mol. The molecule has 0 saturated heterocycles. The Morgan fingerprint density at radius 2 is 1.92 bits per heavy atom. The van der Waals surface area contributed by atoms with Crippen molar-refractivity contribution < 1.29 is 23.4 Å². The van der Waals surface area contributed by atoms with Crippen LogP contribution >= 0.6 is 0 Å². The lowest BCUT2D eigenvalue weighted by Gasteiger charge is -2.22. The van der Waals surface area contributed by atoms with Crippen molar-refractivity contribution in [3.8, 4) is 0 Å². The molecule has 1 aromatic heterocycles. The lowest BCUT2D eigenvalue weighted by molar-refractivity contribution is -0.118. The summed E-state index contributed by atoms with van der Waals surface area (Å²) in [5.41, 5.74) is 3.83. The number of hydrogen-bond acceptors (Lipinski definition) is 3. The van der Waals surface area contributed by atoms with Crippen molar-refractivity contribution in [1.82, 2.24) is 10.3 Å². The average Bonchev–Trinajstić information content (AvgIpc) is 3.28. The molecule has 3 aromatic rings. The normalized spacial score (nSPS) is 14.8. The fourth-order valence-electron chi connectivity index (χ4n) is 4.22. The maximum atomic E-state index is 13.8. The van der Waals surface area contributed by atoms with E-state index in [0.717, 1.165) is 34.0 Å². The summed E-state index contributed by atoms with van der Waals surface area (Å²) in [6, 6.07) is 10.1. The minimum absolute atomic E-state index is 0.271. The Labute approximate surface area is 209 Å². The van der Waals surface area contributed by atoms with Crippen molar-refractivity contribution in [3.05, 3.63) is 100 Å². The van der Waals surface area contributed by atoms with Gasteiger partial charge in [-0.1, -0.05) is 31.2 Å². The molecule has 1 unspecified atom stereocenters. The van der Waals surface area contributed by atoms with Gasteiger partial charge in [-0.25, -0.2) is 8.78 Å². The molecule has 0 fully saturated rings. The molecule has 5 nitrogen and oxygen atoms in total. The van der Waals surface area contributed by atoms with Crippen LogP contribution in [-0.4, -0.2) is 35.3 Å². The lowest BCUT2D eigenvalue weighted by atomic mass is 9.95. The average molecular weight is 493 g/mol. The molecule has 1 aliphatic rings. The van der Waals surface area contributed by atoms with Gasteiger partial charge >= 0.3 is 0 Å². The zero-order chi connectivity index (χ0) is 25.5. The van der Waals surface area contributed by atoms with Gasteiger partial charge in [0.05, 0.1) is 24.8 Å². The van der Waals surface area contributed by atoms with E-state index in [1.165, 1.54) is 24.3 Å². The topological polar surface area (TPSA) is 74.3 Å². The van der Waals surface area contributed by atoms with Gasteiger partial charge in [0.1, 0.15) is 17.4 Å². The zero-order valence-electron chi connectivity index (χ0n) is 20.2. The summed E-state index contributed by atoms with van der Waals surface area (Å²) in [6.07, 6.45) is 9.81. The molecular formula is C29H30F2N2O3. The van der Waals surface area contributed by atoms with Crippen LogP contribution in [0.1, 0.15) is 37.3 Å². The van der Waals surface area contributed by atoms with Gasteiger partial charge < -0.3 is 20.1 Å². The van der Waals surface area contributed by atoms with Crippen molar-refractivity contribution >= 4 is 22.9 Å². The Hall–Kier alpha value is -3.71. The molecular weight excluding hydrogens is 462 g/mol. The number of hydrogen-bond donors (Lipinski definition) is 3. The largest absolute Gasteiger partial charge is 0.497 e. The van der Waals surface area contributed by atoms with Crippen LogP contribution in [0, 0.1) is 11.6 Å². The quantitative estimate of drug-likeness (QED) is 0.346. The van der Waals surface area contributed by atoms with Gasteiger partial charge in [0, 0.05) is 23.5 Å². The van der Waals surface area contributed by atoms with Crippen molar-refractivity contribution in [2.24, 2.45) is 0 Å². The molecule has 4 rings (SSSR count). The van der Waals surface area contributed by atoms with Crippen LogP contribution in [0.3, 0.4) is 0 Å². The number of benzene rings is 2. The molecule has 7 heteroatoms. The first kappa shape index (κ1) is 25.4. The fraction of sp³-hybridized carbons (Fsp3) is 0.276. The number of rotatable bonds is 10. The number of H-pyrrole nitrogens is 1. The summed E-state index contributed by atoms with van der Waals surface area (Å²) in [7, 11) is 0. The molecule has 0 radical (unpaired) electrons. The number of carbonyl (C=O) groups excluding carboxylic acids is 1. The second-order valence-corrected chi connectivity index (χ2v) is 8.85. The van der Waals surface area contributed by atoms with E-state index in [1.54, 1.807) is 30.5 Å². The number of fused-ring (bicyclic) bond motifs is 1. The highest BCUT2D eigenvalue weighted by molar-refractivity contribution is 5.97. The summed E-state index contributed by atoms with van der Waals surface area (Å²) in [4.78, 5) is 16.4. The molecule has 1 amide bonds. The van der Waals surface area contributed by atoms with Gasteiger partial charge in [-0.15, -0.1) is 0 Å². The van der Waals surface area contributed by atoms with Gasteiger partial charge in [0.25, 0.3) is 5.91 Å². The second kappa shape index (κ2) is 11.8. The number of aromatic nitrogens is 1. The van der Waals surface area contributed by atoms with Gasteiger partial charge in [-0.05, 0) is 72.4 Å². The minimum atomic E-state index is -0.562. The van der Waals surface area contributed by atoms with Gasteiger partial charge in [-0.2, -0.15) is 0 Å². The molecule has 188 valence electrons. The summed E-state index contributed by atoms with van der Waals surface area (Å²) < 4.78 is 32.8. The highest BCUT2D eigenvalue weighted by Crippen LogP contribution is 2.27. The molecule has 1 heterocycles. The van der Waals surface area contributed by atoms with Gasteiger partial charge in [0.2, 0.25) is 0 Å². The number of ether oxygens (including phenoxy) is 1. The van der Waals surface area contributed by atoms with Gasteiger partial charge in [0.15, 0.2) is 0 Å². The Morgan fingerprint density at radius 1 is 1.14 bits per heavy atom. The first-order valence-electron chi connectivity index (χ1n) is 12.1. The van der Waals surface area contributed by atoms with E-state index in [-0.39, 0.29) is 24.1 Å². The Balaban J connectivity index is 1.52. The molecule has 1 atom stereocenters. The number of aromatic amines is 1. The van der Waals surface area contributed by atoms with Crippen molar-refractivity contribution in [1.29, 1.82) is 0 Å². The first-order chi connectivity index (χ1) is 17.5. The van der Waals surface area contributed by atoms with Crippen LogP contribution in [0.25, 0.3) is 17.0 Å². The van der Waals surface area contributed by atoms with Crippen LogP contribution in [0.2, 0.25) is 0 Å². The predicted octanol–water partition coefficient (Wildman–Crippen LogP) is 5.58. The van der Waals surface area contributed by atoms with Crippen molar-refractivity contribution in [2.75, 3.05) is 13.2 Å². The number of nitrogens with one attached hydrogen (secondary N) is 2. The number of aliphatic hydroxyl groups excluding tert-OH is 1. The standard InChI is InChI=1S/C29H30F2N2O3/c1-2-13-36-28-12-7-20(4-3-19-5-8-22(30)9-6-19)14-26(28)29(35)33-24(18-34)15-21-17-32-27-11-10-23(31)16-25(21)27/h3-6,8-11,14,16-17,24,32,34H,2,7,12-13,15,18H2,1H3,(H,33,35)/b4-3+. The maximum Gasteiger partial charge on any atom is 0.255 e. The number of halogens is 2. The molecule has 36 heavy (non-hydrogen) atoms. The SMILES string of the molecule is CCCOC1=C(C(=O)NC(CO)Cc2c[nH]c3ccc(F)cc23)C=C(/C=C/c2ccc(F)cc2)CC1. The zero-order valence-corrected chi connectivity index (χ0v) is 20.2. The molecule has 2 aromatic carbocycles. The van der Waals surface area contributed by atoms with E-state index in [2.05, 4.69) is 10.3 Å². The summed E-state index contributed by atoms with van der Waals surface area (Å²) in [5.74, 6) is -0.345. The highest BCUT2D eigenvalue weighted by atomic mass is 19.1. The number of aliphatic hydroxyl groups is 1. The van der Waals surface area contributed by atoms with Crippen LogP contribution in [-0.2, 0) is 16.0 Å². The molecule has 1 aliphatic carbocycles. The Bertz CT molecular complexity index is 1310. The highest BCUT2D eigenvalue weighted by Gasteiger charge is 2.23. The van der Waals surface area contributed by atoms with E-state index in [4.69, 9.17) is 4.74 Å². The Morgan fingerprint density at radius 3 is 2.67 bits per heavy atom. The van der Waals surface area contributed by atoms with Crippen LogP contribution < -0.4 is 5.32 Å². The maximum absolute atomic E-state index is 13.8. The van der Waals surface area contributed by atoms with E-state index in [0.29, 0.717) is 37.2 Å². The lowest BCUT2D eigenvalue weighted by Crippen LogP contribution is -2.40. The smallest absolute Gasteiger partial charge is 0.255 e. The van der Waals surface area contributed by atoms with E-state index in [9.17, 15) is 18.7 Å². The van der Waals surface area contributed by atoms with Crippen LogP contribution in [0.4, 0.5) is 8.78 Å². The molecule has 0 aliphatic heterocycles. The van der Waals surface area contributed by atoms with Crippen LogP contribution in [0.5, 0.6) is 0 Å². The number of amides is 1. The van der Waals surface area contributed by atoms with Crippen molar-refractivity contribution in [2.45, 2.75) is 38.6 Å². The molecule has 0 saturated carbocycles. The second-order valence-electron chi connectivity index (χ2n) is 8.85. The van der Waals surface area contributed by atoms with E-state index >= 15 is 0 Å². The molecule has 0 bridgehead atoms. The fourth-order valence-corrected chi connectivity index (χ4v) is 4.22. The van der Waals surface area contributed by atoms with E-state index < -0.39 is 6.04 Å².